The molecule has 4 aromatic rings. The molecule has 0 aliphatic carbocycles. The van der Waals surface area contributed by atoms with Crippen LogP contribution in [0.5, 0.6) is 0 Å². The second-order valence-electron chi connectivity index (χ2n) is 6.24. The van der Waals surface area contributed by atoms with Gasteiger partial charge in [0, 0.05) is 5.39 Å². The molecule has 2 heterocycles. The number of aromatic amines is 1. The Morgan fingerprint density at radius 1 is 0.958 bits per heavy atom. The first-order valence-electron chi connectivity index (χ1n) is 8.05. The summed E-state index contributed by atoms with van der Waals surface area (Å²) in [7, 11) is 0. The average Bonchev–Trinajstić information content (AvgIpc) is 2.97. The van der Waals surface area contributed by atoms with E-state index >= 15 is 0 Å². The molecule has 2 aromatic heterocycles. The molecule has 0 aliphatic heterocycles. The van der Waals surface area contributed by atoms with E-state index in [0.717, 1.165) is 33.2 Å². The number of para-hydroxylation sites is 2. The zero-order valence-electron chi connectivity index (χ0n) is 14.1. The van der Waals surface area contributed by atoms with Crippen LogP contribution in [0.25, 0.3) is 21.9 Å². The number of H-pyrrole nitrogens is 1. The Labute approximate surface area is 145 Å². The summed E-state index contributed by atoms with van der Waals surface area (Å²) >= 11 is 1.73. The molecule has 0 spiro atoms. The Morgan fingerprint density at radius 2 is 1.79 bits per heavy atom. The molecule has 0 unspecified atom stereocenters. The number of nitrogens with one attached hydrogen (secondary N) is 1. The lowest BCUT2D eigenvalue weighted by atomic mass is 10.0. The van der Waals surface area contributed by atoms with Crippen molar-refractivity contribution in [1.82, 2.24) is 15.0 Å². The molecule has 0 saturated heterocycles. The number of hydrogen-bond acceptors (Lipinski definition) is 3. The molecule has 24 heavy (non-hydrogen) atoms. The van der Waals surface area contributed by atoms with Gasteiger partial charge < -0.3 is 4.98 Å². The lowest BCUT2D eigenvalue weighted by molar-refractivity contribution is 1.11. The Balaban J connectivity index is 1.64. The van der Waals surface area contributed by atoms with E-state index in [9.17, 15) is 0 Å². The average molecular weight is 333 g/mol. The predicted molar refractivity (Wildman–Crippen MR) is 102 cm³/mol. The number of imidazole rings is 1. The van der Waals surface area contributed by atoms with E-state index in [0.29, 0.717) is 0 Å². The topological polar surface area (TPSA) is 41.6 Å². The molecule has 0 bridgehead atoms. The van der Waals surface area contributed by atoms with Gasteiger partial charge in [-0.05, 0) is 56.2 Å². The Morgan fingerprint density at radius 3 is 2.62 bits per heavy atom. The number of aromatic nitrogens is 3. The van der Waals surface area contributed by atoms with Crippen molar-refractivity contribution in [3.8, 4) is 0 Å². The molecule has 120 valence electrons. The zero-order valence-corrected chi connectivity index (χ0v) is 14.9. The summed E-state index contributed by atoms with van der Waals surface area (Å²) in [5.41, 5.74) is 7.00. The lowest BCUT2D eigenvalue weighted by Gasteiger charge is -2.09. The highest BCUT2D eigenvalue weighted by Crippen LogP contribution is 2.28. The summed E-state index contributed by atoms with van der Waals surface area (Å²) in [6, 6.07) is 14.7. The molecule has 4 heteroatoms. The molecule has 0 saturated carbocycles. The van der Waals surface area contributed by atoms with Crippen LogP contribution < -0.4 is 0 Å². The van der Waals surface area contributed by atoms with Crippen molar-refractivity contribution < 1.29 is 0 Å². The maximum Gasteiger partial charge on any atom is 0.117 e. The quantitative estimate of drug-likeness (QED) is 0.515. The summed E-state index contributed by atoms with van der Waals surface area (Å²) < 4.78 is 0. The van der Waals surface area contributed by atoms with E-state index in [1.807, 2.05) is 18.2 Å². The molecule has 1 N–H and O–H groups in total. The van der Waals surface area contributed by atoms with Crippen LogP contribution in [0, 0.1) is 20.8 Å². The van der Waals surface area contributed by atoms with Gasteiger partial charge in [-0.3, -0.25) is 0 Å². The second kappa shape index (κ2) is 5.95. The number of fused-ring (bicyclic) bond motifs is 2. The molecule has 0 amide bonds. The van der Waals surface area contributed by atoms with Gasteiger partial charge in [0.1, 0.15) is 5.82 Å². The number of hydrogen-bond donors (Lipinski definition) is 1. The molecule has 0 radical (unpaired) electrons. The maximum atomic E-state index is 4.87. The summed E-state index contributed by atoms with van der Waals surface area (Å²) in [5, 5.41) is 2.30. The van der Waals surface area contributed by atoms with Gasteiger partial charge in [-0.2, -0.15) is 0 Å². The number of aryl methyl sites for hydroxylation is 3. The molecule has 0 atom stereocenters. The van der Waals surface area contributed by atoms with Gasteiger partial charge in [-0.25, -0.2) is 9.97 Å². The van der Waals surface area contributed by atoms with Gasteiger partial charge in [-0.1, -0.05) is 35.5 Å². The van der Waals surface area contributed by atoms with Crippen molar-refractivity contribution in [2.75, 3.05) is 0 Å². The molecular formula is C20H19N3S. The van der Waals surface area contributed by atoms with Crippen LogP contribution in [0.1, 0.15) is 22.5 Å². The van der Waals surface area contributed by atoms with Crippen LogP contribution in [0.15, 0.2) is 47.5 Å². The van der Waals surface area contributed by atoms with Crippen LogP contribution in [0.3, 0.4) is 0 Å². The fourth-order valence-corrected chi connectivity index (χ4v) is 3.94. The fourth-order valence-electron chi connectivity index (χ4n) is 3.10. The van der Waals surface area contributed by atoms with Gasteiger partial charge in [-0.15, -0.1) is 0 Å². The Kier molecular flexibility index (Phi) is 3.77. The number of rotatable bonds is 3. The first kappa shape index (κ1) is 15.2. The monoisotopic (exact) mass is 333 g/mol. The summed E-state index contributed by atoms with van der Waals surface area (Å²) in [5.74, 6) is 1.78. The van der Waals surface area contributed by atoms with Crippen LogP contribution in [-0.2, 0) is 5.75 Å². The third-order valence-electron chi connectivity index (χ3n) is 4.23. The van der Waals surface area contributed by atoms with Crippen molar-refractivity contribution in [3.63, 3.8) is 0 Å². The van der Waals surface area contributed by atoms with E-state index in [2.05, 4.69) is 55.0 Å². The third kappa shape index (κ3) is 2.78. The smallest absolute Gasteiger partial charge is 0.117 e. The van der Waals surface area contributed by atoms with Crippen LogP contribution >= 0.6 is 11.8 Å². The molecule has 2 aromatic carbocycles. The Hall–Kier alpha value is -2.33. The molecule has 0 fully saturated rings. The fraction of sp³-hybridized carbons (Fsp3) is 0.200. The lowest BCUT2D eigenvalue weighted by Crippen LogP contribution is -1.92. The van der Waals surface area contributed by atoms with Gasteiger partial charge in [0.05, 0.1) is 27.3 Å². The van der Waals surface area contributed by atoms with Gasteiger partial charge in [0.25, 0.3) is 0 Å². The molecule has 4 rings (SSSR count). The number of nitrogens with zero attached hydrogens (tertiary/aromatic N) is 2. The first-order valence-corrected chi connectivity index (χ1v) is 9.04. The first-order chi connectivity index (χ1) is 11.6. The van der Waals surface area contributed by atoms with E-state index in [1.165, 1.54) is 22.1 Å². The standard InChI is InChI=1S/C20H19N3S/c1-12-8-14(3)20-15(9-12)13(2)10-19(23-20)24-11-18-21-16-6-4-5-7-17(16)22-18/h4-10H,11H2,1-3H3,(H,21,22). The number of pyridine rings is 1. The molecular weight excluding hydrogens is 314 g/mol. The van der Waals surface area contributed by atoms with E-state index < -0.39 is 0 Å². The van der Waals surface area contributed by atoms with Gasteiger partial charge >= 0.3 is 0 Å². The highest BCUT2D eigenvalue weighted by atomic mass is 32.2. The summed E-state index contributed by atoms with van der Waals surface area (Å²) in [4.78, 5) is 12.9. The van der Waals surface area contributed by atoms with E-state index in [1.54, 1.807) is 11.8 Å². The number of benzene rings is 2. The van der Waals surface area contributed by atoms with E-state index in [4.69, 9.17) is 4.98 Å². The highest BCUT2D eigenvalue weighted by molar-refractivity contribution is 7.98. The van der Waals surface area contributed by atoms with Gasteiger partial charge in [0.2, 0.25) is 0 Å². The van der Waals surface area contributed by atoms with E-state index in [-0.39, 0.29) is 0 Å². The summed E-state index contributed by atoms with van der Waals surface area (Å²) in [6.45, 7) is 6.43. The second-order valence-corrected chi connectivity index (χ2v) is 7.24. The maximum absolute atomic E-state index is 4.87. The largest absolute Gasteiger partial charge is 0.341 e. The minimum absolute atomic E-state index is 0.789. The Bertz CT molecular complexity index is 1020. The van der Waals surface area contributed by atoms with Crippen molar-refractivity contribution in [2.45, 2.75) is 31.6 Å². The van der Waals surface area contributed by atoms with Crippen LogP contribution in [0.2, 0.25) is 0 Å². The molecule has 0 aliphatic rings. The van der Waals surface area contributed by atoms with Crippen molar-refractivity contribution in [1.29, 1.82) is 0 Å². The summed E-state index contributed by atoms with van der Waals surface area (Å²) in [6.07, 6.45) is 0. The highest BCUT2D eigenvalue weighted by Gasteiger charge is 2.08. The van der Waals surface area contributed by atoms with Crippen molar-refractivity contribution in [3.05, 3.63) is 65.0 Å². The van der Waals surface area contributed by atoms with Crippen molar-refractivity contribution >= 4 is 33.7 Å². The number of thioether (sulfide) groups is 1. The third-order valence-corrected chi connectivity index (χ3v) is 5.15. The minimum atomic E-state index is 0.789. The predicted octanol–water partition coefficient (Wildman–Crippen LogP) is 5.33. The van der Waals surface area contributed by atoms with Gasteiger partial charge in [0.15, 0.2) is 0 Å². The zero-order chi connectivity index (χ0) is 16.7. The SMILES string of the molecule is Cc1cc(C)c2nc(SCc3nc4ccccc4[nH]3)cc(C)c2c1. The van der Waals surface area contributed by atoms with Crippen molar-refractivity contribution in [2.24, 2.45) is 0 Å². The molecule has 3 nitrogen and oxygen atoms in total. The normalized spacial score (nSPS) is 11.5. The van der Waals surface area contributed by atoms with Crippen LogP contribution in [0.4, 0.5) is 0 Å². The van der Waals surface area contributed by atoms with Crippen LogP contribution in [-0.4, -0.2) is 15.0 Å². The minimum Gasteiger partial charge on any atom is -0.341 e.